The molecule has 27 heavy (non-hydrogen) atoms. The van der Waals surface area contributed by atoms with Crippen LogP contribution in [-0.4, -0.2) is 116 Å². The van der Waals surface area contributed by atoms with E-state index in [1.165, 1.54) is 14.0 Å². The first-order valence-corrected chi connectivity index (χ1v) is 9.50. The molecule has 158 valence electrons. The van der Waals surface area contributed by atoms with E-state index in [4.69, 9.17) is 14.6 Å². The second kappa shape index (κ2) is 9.78. The average molecular weight is 412 g/mol. The number of hydrogen-bond donors (Lipinski definition) is 8. The molecule has 2 aliphatic rings. The van der Waals surface area contributed by atoms with Crippen LogP contribution in [-0.2, 0) is 14.3 Å². The van der Waals surface area contributed by atoms with Gasteiger partial charge in [-0.2, -0.15) is 0 Å². The topological polar surface area (TPSA) is 181 Å². The van der Waals surface area contributed by atoms with E-state index in [-0.39, 0.29) is 6.54 Å². The monoisotopic (exact) mass is 412 g/mol. The fourth-order valence-electron chi connectivity index (χ4n) is 3.22. The second-order valence-electron chi connectivity index (χ2n) is 6.65. The van der Waals surface area contributed by atoms with Crippen molar-refractivity contribution < 1.29 is 44.9 Å². The smallest absolute Gasteiger partial charge is 0.217 e. The lowest BCUT2D eigenvalue weighted by molar-refractivity contribution is -0.255. The maximum atomic E-state index is 11.3. The van der Waals surface area contributed by atoms with E-state index in [0.717, 1.165) is 11.8 Å². The summed E-state index contributed by atoms with van der Waals surface area (Å²) in [6, 6.07) is -0.948. The van der Waals surface area contributed by atoms with E-state index in [2.05, 4.69) is 10.6 Å². The summed E-state index contributed by atoms with van der Waals surface area (Å²) in [5.74, 6) is -0.415. The number of amides is 1. The molecule has 0 aromatic carbocycles. The predicted octanol–water partition coefficient (Wildman–Crippen LogP) is -4.31. The lowest BCUT2D eigenvalue weighted by Gasteiger charge is -2.42. The molecule has 0 bridgehead atoms. The number of thioether (sulfide) groups is 1. The van der Waals surface area contributed by atoms with Crippen LogP contribution in [0.5, 0.6) is 0 Å². The standard InChI is InChI=1S/C15H28N2O9S/c1-5(19)17-8-10(22)9(21)7(26-15(8)25-2)3-16-14-12(24)11(23)13(27-14)6(20)4-18/h6-16,18,20-24H,3-4H2,1-2H3,(H,17,19)/t6?,7?,8?,9-,10?,11?,12?,13?,14?,15+/m1/s1. The molecule has 0 aromatic heterocycles. The molecule has 0 spiro atoms. The minimum atomic E-state index is -1.34. The Balaban J connectivity index is 1.96. The molecule has 2 fully saturated rings. The molecule has 0 radical (unpaired) electrons. The van der Waals surface area contributed by atoms with Crippen molar-refractivity contribution in [3.8, 4) is 0 Å². The molecule has 0 saturated carbocycles. The average Bonchev–Trinajstić information content (AvgIpc) is 2.92. The van der Waals surface area contributed by atoms with Gasteiger partial charge in [-0.05, 0) is 0 Å². The summed E-state index contributed by atoms with van der Waals surface area (Å²) in [5.41, 5.74) is 0. The highest BCUT2D eigenvalue weighted by atomic mass is 32.2. The number of methoxy groups -OCH3 is 1. The Labute approximate surface area is 160 Å². The normalized spacial score (nSPS) is 43.5. The highest BCUT2D eigenvalue weighted by Crippen LogP contribution is 2.35. The van der Waals surface area contributed by atoms with E-state index < -0.39 is 72.1 Å². The number of rotatable bonds is 7. The molecule has 11 nitrogen and oxygen atoms in total. The Morgan fingerprint density at radius 1 is 1.19 bits per heavy atom. The molecular weight excluding hydrogens is 384 g/mol. The van der Waals surface area contributed by atoms with Crippen LogP contribution in [0.4, 0.5) is 0 Å². The first-order valence-electron chi connectivity index (χ1n) is 8.56. The van der Waals surface area contributed by atoms with Gasteiger partial charge in [-0.1, -0.05) is 0 Å². The summed E-state index contributed by atoms with van der Waals surface area (Å²) in [5, 5.41) is 63.3. The van der Waals surface area contributed by atoms with Crippen molar-refractivity contribution in [2.75, 3.05) is 20.3 Å². The fraction of sp³-hybridized carbons (Fsp3) is 0.933. The maximum Gasteiger partial charge on any atom is 0.217 e. The van der Waals surface area contributed by atoms with Crippen LogP contribution >= 0.6 is 11.8 Å². The van der Waals surface area contributed by atoms with Gasteiger partial charge in [0.25, 0.3) is 0 Å². The molecule has 2 saturated heterocycles. The third kappa shape index (κ3) is 5.09. The summed E-state index contributed by atoms with van der Waals surface area (Å²) >= 11 is 1.06. The number of hydrogen-bond acceptors (Lipinski definition) is 11. The van der Waals surface area contributed by atoms with Crippen molar-refractivity contribution >= 4 is 17.7 Å². The van der Waals surface area contributed by atoms with Crippen LogP contribution in [0, 0.1) is 0 Å². The first-order chi connectivity index (χ1) is 12.7. The summed E-state index contributed by atoms with van der Waals surface area (Å²) in [7, 11) is 1.34. The lowest BCUT2D eigenvalue weighted by atomic mass is 9.96. The first kappa shape index (κ1) is 22.7. The Morgan fingerprint density at radius 3 is 2.41 bits per heavy atom. The van der Waals surface area contributed by atoms with Crippen LogP contribution < -0.4 is 10.6 Å². The zero-order valence-corrected chi connectivity index (χ0v) is 15.8. The van der Waals surface area contributed by atoms with E-state index in [1.54, 1.807) is 0 Å². The Kier molecular flexibility index (Phi) is 8.24. The van der Waals surface area contributed by atoms with Gasteiger partial charge in [-0.25, -0.2) is 0 Å². The number of ether oxygens (including phenoxy) is 2. The minimum absolute atomic E-state index is 0.00569. The van der Waals surface area contributed by atoms with E-state index >= 15 is 0 Å². The van der Waals surface area contributed by atoms with Gasteiger partial charge >= 0.3 is 0 Å². The van der Waals surface area contributed by atoms with Crippen LogP contribution in [0.15, 0.2) is 0 Å². The largest absolute Gasteiger partial charge is 0.394 e. The van der Waals surface area contributed by atoms with Gasteiger partial charge in [0.1, 0.15) is 30.5 Å². The van der Waals surface area contributed by atoms with Gasteiger partial charge in [-0.3, -0.25) is 4.79 Å². The van der Waals surface area contributed by atoms with Gasteiger partial charge in [-0.15, -0.1) is 11.8 Å². The van der Waals surface area contributed by atoms with Crippen molar-refractivity contribution in [2.45, 2.75) is 66.5 Å². The Hall–Kier alpha value is -0.540. The van der Waals surface area contributed by atoms with Crippen molar-refractivity contribution in [3.05, 3.63) is 0 Å². The number of aliphatic hydroxyl groups is 6. The molecular formula is C15H28N2O9S. The van der Waals surface area contributed by atoms with E-state index in [0.29, 0.717) is 0 Å². The summed E-state index contributed by atoms with van der Waals surface area (Å²) < 4.78 is 10.7. The maximum absolute atomic E-state index is 11.3. The molecule has 8 N–H and O–H groups in total. The quantitative estimate of drug-likeness (QED) is 0.203. The highest BCUT2D eigenvalue weighted by Gasteiger charge is 2.48. The van der Waals surface area contributed by atoms with Crippen molar-refractivity contribution in [1.29, 1.82) is 0 Å². The molecule has 2 heterocycles. The Morgan fingerprint density at radius 2 is 1.85 bits per heavy atom. The molecule has 8 unspecified atom stereocenters. The minimum Gasteiger partial charge on any atom is -0.394 e. The molecule has 0 aromatic rings. The molecule has 10 atom stereocenters. The fourth-order valence-corrected chi connectivity index (χ4v) is 4.66. The van der Waals surface area contributed by atoms with Crippen molar-refractivity contribution in [3.63, 3.8) is 0 Å². The van der Waals surface area contributed by atoms with Gasteiger partial charge < -0.3 is 50.7 Å². The highest BCUT2D eigenvalue weighted by molar-refractivity contribution is 8.00. The summed E-state index contributed by atoms with van der Waals surface area (Å²) in [4.78, 5) is 11.3. The molecule has 2 rings (SSSR count). The van der Waals surface area contributed by atoms with Crippen LogP contribution in [0.25, 0.3) is 0 Å². The molecule has 0 aliphatic carbocycles. The van der Waals surface area contributed by atoms with E-state index in [9.17, 15) is 30.3 Å². The number of carbonyl (C=O) groups excluding carboxylic acids is 1. The molecule has 2 aliphatic heterocycles. The zero-order chi connectivity index (χ0) is 20.3. The van der Waals surface area contributed by atoms with Gasteiger partial charge in [0.15, 0.2) is 6.29 Å². The summed E-state index contributed by atoms with van der Waals surface area (Å²) in [6.07, 6.45) is -8.23. The van der Waals surface area contributed by atoms with Crippen molar-refractivity contribution in [2.24, 2.45) is 0 Å². The van der Waals surface area contributed by atoms with Crippen LogP contribution in [0.3, 0.4) is 0 Å². The third-order valence-corrected chi connectivity index (χ3v) is 6.34. The van der Waals surface area contributed by atoms with Gasteiger partial charge in [0, 0.05) is 20.6 Å². The molecule has 12 heteroatoms. The Bertz CT molecular complexity index is 500. The zero-order valence-electron chi connectivity index (χ0n) is 15.0. The van der Waals surface area contributed by atoms with Crippen molar-refractivity contribution in [1.82, 2.24) is 10.6 Å². The van der Waals surface area contributed by atoms with Crippen LogP contribution in [0.2, 0.25) is 0 Å². The van der Waals surface area contributed by atoms with Gasteiger partial charge in [0.2, 0.25) is 5.91 Å². The number of nitrogens with one attached hydrogen (secondary N) is 2. The van der Waals surface area contributed by atoms with Gasteiger partial charge in [0.05, 0.1) is 29.4 Å². The van der Waals surface area contributed by atoms with Crippen LogP contribution in [0.1, 0.15) is 6.92 Å². The predicted molar refractivity (Wildman–Crippen MR) is 93.6 cm³/mol. The number of aliphatic hydroxyl groups excluding tert-OH is 6. The summed E-state index contributed by atoms with van der Waals surface area (Å²) in [6.45, 7) is 0.708. The SMILES string of the molecule is CO[C@H]1OC(CNC2SC(C(O)CO)C(O)C2O)[C@@H](O)C(O)C1NC(C)=O. The second-order valence-corrected chi connectivity index (χ2v) is 7.97. The molecule has 1 amide bonds. The number of carbonyl (C=O) groups is 1. The third-order valence-electron chi connectivity index (χ3n) is 4.69. The van der Waals surface area contributed by atoms with E-state index in [1.807, 2.05) is 0 Å². The lowest BCUT2D eigenvalue weighted by Crippen LogP contribution is -2.65.